The molecule has 1 unspecified atom stereocenters. The fourth-order valence-corrected chi connectivity index (χ4v) is 8.95. The number of allylic oxidation sites excluding steroid dienone is 4. The third-order valence-electron chi connectivity index (χ3n) is 13.4. The van der Waals surface area contributed by atoms with E-state index in [0.29, 0.717) is 19.3 Å². The smallest absolute Gasteiger partial charge is 0.306 e. The zero-order valence-electron chi connectivity index (χ0n) is 45.2. The molecule has 67 heavy (non-hydrogen) atoms. The van der Waals surface area contributed by atoms with E-state index in [1.54, 1.807) is 0 Å². The van der Waals surface area contributed by atoms with E-state index in [1.165, 1.54) is 199 Å². The third-order valence-corrected chi connectivity index (χ3v) is 13.4. The van der Waals surface area contributed by atoms with Gasteiger partial charge in [0.25, 0.3) is 0 Å². The SMILES string of the molecule is CCC/C=C\C/C=C\CCCCCCCC(=O)OC(COC(=O)CCCCCCCCCCCCCC)COC(=O)CCCCCCCCCCCCCCCCCCCCCCCCCC. The van der Waals surface area contributed by atoms with E-state index in [-0.39, 0.29) is 31.1 Å². The lowest BCUT2D eigenvalue weighted by molar-refractivity contribution is -0.167. The van der Waals surface area contributed by atoms with E-state index in [2.05, 4.69) is 45.1 Å². The summed E-state index contributed by atoms with van der Waals surface area (Å²) in [6, 6.07) is 0. The van der Waals surface area contributed by atoms with Crippen LogP contribution in [0.3, 0.4) is 0 Å². The number of rotatable bonds is 55. The number of ether oxygens (including phenoxy) is 3. The molecular formula is C61H114O6. The monoisotopic (exact) mass is 943 g/mol. The topological polar surface area (TPSA) is 78.9 Å². The van der Waals surface area contributed by atoms with Crippen molar-refractivity contribution in [3.63, 3.8) is 0 Å². The molecule has 0 saturated carbocycles. The third kappa shape index (κ3) is 54.7. The van der Waals surface area contributed by atoms with Crippen LogP contribution in [0.25, 0.3) is 0 Å². The summed E-state index contributed by atoms with van der Waals surface area (Å²) in [7, 11) is 0. The Morgan fingerprint density at radius 3 is 0.881 bits per heavy atom. The van der Waals surface area contributed by atoms with Gasteiger partial charge in [-0.25, -0.2) is 0 Å². The quantitative estimate of drug-likeness (QED) is 0.0262. The first-order valence-corrected chi connectivity index (χ1v) is 29.8. The summed E-state index contributed by atoms with van der Waals surface area (Å²) >= 11 is 0. The van der Waals surface area contributed by atoms with Gasteiger partial charge < -0.3 is 14.2 Å². The number of esters is 3. The molecule has 0 fully saturated rings. The predicted molar refractivity (Wildman–Crippen MR) is 289 cm³/mol. The first kappa shape index (κ1) is 64.9. The first-order valence-electron chi connectivity index (χ1n) is 29.8. The maximum absolute atomic E-state index is 12.8. The van der Waals surface area contributed by atoms with E-state index in [4.69, 9.17) is 14.2 Å². The molecule has 0 radical (unpaired) electrons. The molecule has 0 heterocycles. The normalized spacial score (nSPS) is 12.1. The molecule has 394 valence electrons. The van der Waals surface area contributed by atoms with Crippen molar-refractivity contribution in [3.05, 3.63) is 24.3 Å². The van der Waals surface area contributed by atoms with E-state index < -0.39 is 6.10 Å². The fourth-order valence-electron chi connectivity index (χ4n) is 8.95. The van der Waals surface area contributed by atoms with Gasteiger partial charge in [-0.05, 0) is 44.9 Å². The molecule has 0 bridgehead atoms. The van der Waals surface area contributed by atoms with Gasteiger partial charge in [-0.3, -0.25) is 14.4 Å². The largest absolute Gasteiger partial charge is 0.462 e. The molecule has 0 aromatic heterocycles. The van der Waals surface area contributed by atoms with Crippen LogP contribution >= 0.6 is 0 Å². The molecule has 0 saturated heterocycles. The van der Waals surface area contributed by atoms with Crippen molar-refractivity contribution >= 4 is 17.9 Å². The molecule has 0 rings (SSSR count). The van der Waals surface area contributed by atoms with Crippen molar-refractivity contribution in [1.82, 2.24) is 0 Å². The molecule has 0 aliphatic carbocycles. The van der Waals surface area contributed by atoms with Crippen LogP contribution in [0.15, 0.2) is 24.3 Å². The zero-order chi connectivity index (χ0) is 48.6. The molecule has 0 N–H and O–H groups in total. The van der Waals surface area contributed by atoms with Crippen molar-refractivity contribution in [2.24, 2.45) is 0 Å². The predicted octanol–water partition coefficient (Wildman–Crippen LogP) is 19.9. The molecule has 0 aliphatic rings. The molecule has 0 aromatic carbocycles. The summed E-state index contributed by atoms with van der Waals surface area (Å²) < 4.78 is 16.9. The maximum atomic E-state index is 12.8. The second-order valence-electron chi connectivity index (χ2n) is 20.3. The minimum atomic E-state index is -0.773. The van der Waals surface area contributed by atoms with Gasteiger partial charge in [0, 0.05) is 19.3 Å². The Morgan fingerprint density at radius 2 is 0.567 bits per heavy atom. The molecular weight excluding hydrogens is 829 g/mol. The Labute approximate surface area is 417 Å². The highest BCUT2D eigenvalue weighted by Crippen LogP contribution is 2.18. The molecule has 0 amide bonds. The number of unbranched alkanes of at least 4 members (excludes halogenated alkanes) is 40. The van der Waals surface area contributed by atoms with Gasteiger partial charge in [0.15, 0.2) is 6.10 Å². The minimum Gasteiger partial charge on any atom is -0.462 e. The molecule has 0 aromatic rings. The summed E-state index contributed by atoms with van der Waals surface area (Å²) in [4.78, 5) is 38.1. The second-order valence-corrected chi connectivity index (χ2v) is 20.3. The van der Waals surface area contributed by atoms with Crippen LogP contribution in [-0.2, 0) is 28.6 Å². The average Bonchev–Trinajstić information content (AvgIpc) is 3.33. The van der Waals surface area contributed by atoms with E-state index >= 15 is 0 Å². The van der Waals surface area contributed by atoms with Crippen LogP contribution in [0, 0.1) is 0 Å². The van der Waals surface area contributed by atoms with Crippen molar-refractivity contribution in [2.45, 2.75) is 335 Å². The Morgan fingerprint density at radius 1 is 0.299 bits per heavy atom. The van der Waals surface area contributed by atoms with Gasteiger partial charge in [0.1, 0.15) is 13.2 Å². The lowest BCUT2D eigenvalue weighted by Crippen LogP contribution is -2.30. The summed E-state index contributed by atoms with van der Waals surface area (Å²) in [5.74, 6) is -0.866. The highest BCUT2D eigenvalue weighted by molar-refractivity contribution is 5.71. The first-order chi connectivity index (χ1) is 33.0. The zero-order valence-corrected chi connectivity index (χ0v) is 45.2. The van der Waals surface area contributed by atoms with Gasteiger partial charge in [-0.2, -0.15) is 0 Å². The van der Waals surface area contributed by atoms with Gasteiger partial charge in [0.05, 0.1) is 0 Å². The lowest BCUT2D eigenvalue weighted by atomic mass is 10.0. The van der Waals surface area contributed by atoms with Crippen LogP contribution in [0.5, 0.6) is 0 Å². The van der Waals surface area contributed by atoms with Gasteiger partial charge in [-0.1, -0.05) is 289 Å². The van der Waals surface area contributed by atoms with Crippen molar-refractivity contribution in [2.75, 3.05) is 13.2 Å². The Kier molecular flexibility index (Phi) is 54.7. The summed E-state index contributed by atoms with van der Waals surface area (Å²) in [6.07, 6.45) is 66.1. The van der Waals surface area contributed by atoms with Gasteiger partial charge >= 0.3 is 17.9 Å². The minimum absolute atomic E-state index is 0.0717. The van der Waals surface area contributed by atoms with Crippen molar-refractivity contribution in [1.29, 1.82) is 0 Å². The van der Waals surface area contributed by atoms with Crippen LogP contribution in [-0.4, -0.2) is 37.2 Å². The van der Waals surface area contributed by atoms with Crippen LogP contribution in [0.2, 0.25) is 0 Å². The Hall–Kier alpha value is -2.11. The van der Waals surface area contributed by atoms with Gasteiger partial charge in [0.2, 0.25) is 0 Å². The standard InChI is InChI=1S/C61H114O6/c1-4-7-10-13-16-19-22-25-26-27-28-29-30-31-32-33-34-35-37-39-42-45-48-51-54-60(63)66-57-58(56-65-59(62)53-50-47-44-41-38-24-21-18-15-12-9-6-3)67-61(64)55-52-49-46-43-40-36-23-20-17-14-11-8-5-2/h11,14,20,23,58H,4-10,12-13,15-19,21-22,24-57H2,1-3H3/b14-11-,23-20-. The maximum Gasteiger partial charge on any atom is 0.306 e. The Balaban J connectivity index is 4.19. The molecule has 6 heteroatoms. The average molecular weight is 944 g/mol. The Bertz CT molecular complexity index is 1080. The molecule has 6 nitrogen and oxygen atoms in total. The summed E-state index contributed by atoms with van der Waals surface area (Å²) in [6.45, 7) is 6.61. The number of hydrogen-bond donors (Lipinski definition) is 0. The fraction of sp³-hybridized carbons (Fsp3) is 0.885. The molecule has 0 aliphatic heterocycles. The van der Waals surface area contributed by atoms with Crippen LogP contribution in [0.4, 0.5) is 0 Å². The number of hydrogen-bond acceptors (Lipinski definition) is 6. The number of carbonyl (C=O) groups is 3. The van der Waals surface area contributed by atoms with Crippen molar-refractivity contribution < 1.29 is 28.6 Å². The van der Waals surface area contributed by atoms with Crippen molar-refractivity contribution in [3.8, 4) is 0 Å². The summed E-state index contributed by atoms with van der Waals surface area (Å²) in [5, 5.41) is 0. The second kappa shape index (κ2) is 56.5. The highest BCUT2D eigenvalue weighted by Gasteiger charge is 2.19. The van der Waals surface area contributed by atoms with E-state index in [9.17, 15) is 14.4 Å². The lowest BCUT2D eigenvalue weighted by Gasteiger charge is -2.18. The molecule has 1 atom stereocenters. The highest BCUT2D eigenvalue weighted by atomic mass is 16.6. The summed E-state index contributed by atoms with van der Waals surface area (Å²) in [5.41, 5.74) is 0. The van der Waals surface area contributed by atoms with Crippen LogP contribution < -0.4 is 0 Å². The van der Waals surface area contributed by atoms with E-state index in [0.717, 1.165) is 89.9 Å². The number of carbonyl (C=O) groups excluding carboxylic acids is 3. The van der Waals surface area contributed by atoms with E-state index in [1.807, 2.05) is 0 Å². The van der Waals surface area contributed by atoms with Gasteiger partial charge in [-0.15, -0.1) is 0 Å². The molecule has 0 spiro atoms. The van der Waals surface area contributed by atoms with Crippen LogP contribution in [0.1, 0.15) is 329 Å².